The minimum atomic E-state index is -3.80. The zero-order valence-corrected chi connectivity index (χ0v) is 11.6. The van der Waals surface area contributed by atoms with Crippen LogP contribution in [0.4, 0.5) is 0 Å². The molecule has 0 amide bonds. The number of rotatable bonds is 4. The highest BCUT2D eigenvalue weighted by molar-refractivity contribution is 7.89. The predicted octanol–water partition coefficient (Wildman–Crippen LogP) is 0.924. The summed E-state index contributed by atoms with van der Waals surface area (Å²) in [5.41, 5.74) is 0.0220. The summed E-state index contributed by atoms with van der Waals surface area (Å²) in [5, 5.41) is 12.6. The fourth-order valence-electron chi connectivity index (χ4n) is 1.58. The van der Waals surface area contributed by atoms with Gasteiger partial charge in [0.05, 0.1) is 0 Å². The molecule has 0 spiro atoms. The molecule has 1 heterocycles. The van der Waals surface area contributed by atoms with Crippen molar-refractivity contribution >= 4 is 10.0 Å². The Kier molecular flexibility index (Phi) is 3.93. The van der Waals surface area contributed by atoms with Gasteiger partial charge in [-0.3, -0.25) is 0 Å². The predicted molar refractivity (Wildman–Crippen MR) is 64.8 cm³/mol. The van der Waals surface area contributed by atoms with Crippen LogP contribution in [0.1, 0.15) is 39.9 Å². The van der Waals surface area contributed by atoms with E-state index in [1.54, 1.807) is 4.57 Å². The largest absolute Gasteiger partial charge is 0.301 e. The smallest absolute Gasteiger partial charge is 0.273 e. The fraction of sp³-hybridized carbons (Fsp3) is 0.800. The first-order valence-electron chi connectivity index (χ1n) is 5.60. The van der Waals surface area contributed by atoms with Gasteiger partial charge in [-0.1, -0.05) is 27.7 Å². The molecule has 7 heteroatoms. The lowest BCUT2D eigenvalue weighted by molar-refractivity contribution is 0.387. The number of nitrogens with zero attached hydrogens (tertiary/aromatic N) is 3. The quantitative estimate of drug-likeness (QED) is 0.871. The van der Waals surface area contributed by atoms with Crippen molar-refractivity contribution in [2.75, 3.05) is 0 Å². The molecule has 0 bridgehead atoms. The minimum Gasteiger partial charge on any atom is -0.301 e. The van der Waals surface area contributed by atoms with E-state index in [9.17, 15) is 8.42 Å². The summed E-state index contributed by atoms with van der Waals surface area (Å²) in [6.45, 7) is 8.72. The molecule has 1 rings (SSSR count). The summed E-state index contributed by atoms with van der Waals surface area (Å²) in [4.78, 5) is 0. The lowest BCUT2D eigenvalue weighted by atomic mass is 9.92. The Morgan fingerprint density at radius 2 is 1.88 bits per heavy atom. The van der Waals surface area contributed by atoms with Crippen molar-refractivity contribution in [2.45, 2.75) is 52.2 Å². The summed E-state index contributed by atoms with van der Waals surface area (Å²) < 4.78 is 24.3. The van der Waals surface area contributed by atoms with E-state index in [0.717, 1.165) is 6.42 Å². The number of hydrogen-bond acceptors (Lipinski definition) is 4. The minimum absolute atomic E-state index is 0.0220. The van der Waals surface area contributed by atoms with Crippen LogP contribution in [-0.4, -0.2) is 23.2 Å². The Bertz CT molecular complexity index is 485. The van der Waals surface area contributed by atoms with Crippen LogP contribution in [0.2, 0.25) is 0 Å². The van der Waals surface area contributed by atoms with Gasteiger partial charge in [-0.15, -0.1) is 10.2 Å². The third-order valence-corrected chi connectivity index (χ3v) is 2.99. The maximum absolute atomic E-state index is 11.4. The molecule has 0 fully saturated rings. The van der Waals surface area contributed by atoms with E-state index in [1.165, 1.54) is 0 Å². The molecule has 6 nitrogen and oxygen atoms in total. The molecule has 0 atom stereocenters. The van der Waals surface area contributed by atoms with Crippen LogP contribution in [-0.2, 0) is 23.0 Å². The van der Waals surface area contributed by atoms with Crippen LogP contribution in [0.15, 0.2) is 5.16 Å². The Morgan fingerprint density at radius 1 is 1.29 bits per heavy atom. The normalized spacial score (nSPS) is 13.0. The second kappa shape index (κ2) is 4.73. The highest BCUT2D eigenvalue weighted by atomic mass is 32.2. The fourth-order valence-corrected chi connectivity index (χ4v) is 2.24. The van der Waals surface area contributed by atoms with Crippen LogP contribution in [0, 0.1) is 5.41 Å². The lowest BCUT2D eigenvalue weighted by Gasteiger charge is -2.18. The first-order chi connectivity index (χ1) is 7.65. The van der Waals surface area contributed by atoms with Gasteiger partial charge in [0.1, 0.15) is 5.82 Å². The highest BCUT2D eigenvalue weighted by Crippen LogP contribution is 2.21. The van der Waals surface area contributed by atoms with Crippen LogP contribution < -0.4 is 5.14 Å². The van der Waals surface area contributed by atoms with E-state index in [-0.39, 0.29) is 10.6 Å². The van der Waals surface area contributed by atoms with Gasteiger partial charge in [0, 0.05) is 13.0 Å². The van der Waals surface area contributed by atoms with Gasteiger partial charge in [0.25, 0.3) is 15.2 Å². The molecule has 0 saturated carbocycles. The standard InChI is InChI=1S/C10H20N4O2S/c1-5-6-14-8(7-10(2,3)4)12-13-9(14)17(11,15)16/h5-7H2,1-4H3,(H2,11,15,16). The second-order valence-corrected chi connectivity index (χ2v) is 6.79. The number of sulfonamides is 1. The molecule has 2 N–H and O–H groups in total. The van der Waals surface area contributed by atoms with E-state index in [2.05, 4.69) is 31.0 Å². The summed E-state index contributed by atoms with van der Waals surface area (Å²) in [7, 11) is -3.80. The average molecular weight is 260 g/mol. The van der Waals surface area contributed by atoms with Crippen molar-refractivity contribution in [3.05, 3.63) is 5.82 Å². The molecule has 0 aliphatic heterocycles. The van der Waals surface area contributed by atoms with Gasteiger partial charge in [-0.25, -0.2) is 13.6 Å². The van der Waals surface area contributed by atoms with Gasteiger partial charge in [-0.2, -0.15) is 0 Å². The zero-order valence-electron chi connectivity index (χ0n) is 10.8. The van der Waals surface area contributed by atoms with Gasteiger partial charge >= 0.3 is 0 Å². The van der Waals surface area contributed by atoms with Crippen molar-refractivity contribution in [1.82, 2.24) is 14.8 Å². The van der Waals surface area contributed by atoms with Crippen LogP contribution in [0.5, 0.6) is 0 Å². The monoisotopic (exact) mass is 260 g/mol. The molecule has 0 saturated heterocycles. The van der Waals surface area contributed by atoms with Crippen molar-refractivity contribution in [3.8, 4) is 0 Å². The molecule has 1 aromatic rings. The summed E-state index contributed by atoms with van der Waals surface area (Å²) >= 11 is 0. The number of nitrogens with two attached hydrogens (primary N) is 1. The third-order valence-electron chi connectivity index (χ3n) is 2.18. The molecule has 0 aromatic carbocycles. The third kappa shape index (κ3) is 3.78. The molecule has 0 radical (unpaired) electrons. The molecule has 17 heavy (non-hydrogen) atoms. The van der Waals surface area contributed by atoms with Crippen LogP contribution in [0.25, 0.3) is 0 Å². The van der Waals surface area contributed by atoms with Crippen molar-refractivity contribution < 1.29 is 8.42 Å². The van der Waals surface area contributed by atoms with E-state index in [4.69, 9.17) is 5.14 Å². The molecule has 0 aliphatic rings. The first-order valence-corrected chi connectivity index (χ1v) is 7.14. The van der Waals surface area contributed by atoms with Gasteiger partial charge in [0.2, 0.25) is 0 Å². The topological polar surface area (TPSA) is 90.9 Å². The molecule has 0 unspecified atom stereocenters. The molecular weight excluding hydrogens is 240 g/mol. The lowest BCUT2D eigenvalue weighted by Crippen LogP contribution is -2.21. The van der Waals surface area contributed by atoms with Crippen molar-refractivity contribution in [1.29, 1.82) is 0 Å². The first kappa shape index (κ1) is 14.1. The SMILES string of the molecule is CCCn1c(CC(C)(C)C)nnc1S(N)(=O)=O. The highest BCUT2D eigenvalue weighted by Gasteiger charge is 2.23. The Labute approximate surface area is 102 Å². The van der Waals surface area contributed by atoms with Crippen LogP contribution in [0.3, 0.4) is 0 Å². The van der Waals surface area contributed by atoms with E-state index in [0.29, 0.717) is 18.8 Å². The second-order valence-electron chi connectivity index (χ2n) is 5.33. The van der Waals surface area contributed by atoms with Gasteiger partial charge < -0.3 is 4.57 Å². The van der Waals surface area contributed by atoms with Crippen molar-refractivity contribution in [3.63, 3.8) is 0 Å². The molecular formula is C10H20N4O2S. The summed E-state index contributed by atoms with van der Waals surface area (Å²) in [6, 6.07) is 0. The Morgan fingerprint density at radius 3 is 2.29 bits per heavy atom. The van der Waals surface area contributed by atoms with Gasteiger partial charge in [0.15, 0.2) is 0 Å². The van der Waals surface area contributed by atoms with E-state index in [1.807, 2.05) is 6.92 Å². The average Bonchev–Trinajstić information content (AvgIpc) is 2.45. The maximum Gasteiger partial charge on any atom is 0.273 e. The molecule has 98 valence electrons. The van der Waals surface area contributed by atoms with Crippen LogP contribution >= 0.6 is 0 Å². The Balaban J connectivity index is 3.20. The van der Waals surface area contributed by atoms with E-state index >= 15 is 0 Å². The number of primary sulfonamides is 1. The summed E-state index contributed by atoms with van der Waals surface area (Å²) in [6.07, 6.45) is 1.47. The maximum atomic E-state index is 11.4. The summed E-state index contributed by atoms with van der Waals surface area (Å²) in [5.74, 6) is 0.670. The van der Waals surface area contributed by atoms with Gasteiger partial charge in [-0.05, 0) is 11.8 Å². The Hall–Kier alpha value is -0.950. The molecule has 1 aromatic heterocycles. The number of aromatic nitrogens is 3. The zero-order chi connectivity index (χ0) is 13.3. The van der Waals surface area contributed by atoms with Crippen molar-refractivity contribution in [2.24, 2.45) is 10.6 Å². The number of hydrogen-bond donors (Lipinski definition) is 1. The van der Waals surface area contributed by atoms with E-state index < -0.39 is 10.0 Å². The molecule has 0 aliphatic carbocycles.